The summed E-state index contributed by atoms with van der Waals surface area (Å²) in [6.07, 6.45) is 0.917. The number of rotatable bonds is 4. The highest BCUT2D eigenvalue weighted by Crippen LogP contribution is 2.31. The molecule has 4 rings (SSSR count). The lowest BCUT2D eigenvalue weighted by molar-refractivity contribution is -0.0502. The molecule has 0 aliphatic carbocycles. The second-order valence-electron chi connectivity index (χ2n) is 7.66. The zero-order valence-electron chi connectivity index (χ0n) is 15.5. The molecule has 0 bridgehead atoms. The van der Waals surface area contributed by atoms with E-state index in [0.717, 1.165) is 35.8 Å². The molecule has 0 spiro atoms. The van der Waals surface area contributed by atoms with Crippen LogP contribution in [0.25, 0.3) is 0 Å². The van der Waals surface area contributed by atoms with E-state index in [4.69, 9.17) is 20.9 Å². The Labute approximate surface area is 163 Å². The quantitative estimate of drug-likeness (QED) is 0.868. The molecule has 2 saturated heterocycles. The molecule has 0 unspecified atom stereocenters. The minimum Gasteiger partial charge on any atom is -0.371 e. The van der Waals surface area contributed by atoms with E-state index in [1.54, 1.807) is 6.07 Å². The fourth-order valence-corrected chi connectivity index (χ4v) is 3.91. The van der Waals surface area contributed by atoms with Crippen molar-refractivity contribution in [3.8, 4) is 0 Å². The Bertz CT molecular complexity index is 805. The lowest BCUT2D eigenvalue weighted by Crippen LogP contribution is -2.43. The molecule has 3 atom stereocenters. The number of morpholine rings is 1. The number of halogens is 1. The molecular weight excluding hydrogens is 366 g/mol. The topological polar surface area (TPSA) is 67.6 Å². The van der Waals surface area contributed by atoms with Crippen molar-refractivity contribution in [3.05, 3.63) is 52.4 Å². The predicted molar refractivity (Wildman–Crippen MR) is 102 cm³/mol. The number of nitrogens with one attached hydrogen (secondary N) is 1. The third kappa shape index (κ3) is 4.03. The minimum atomic E-state index is -0.200. The van der Waals surface area contributed by atoms with Gasteiger partial charge >= 0.3 is 0 Å². The number of hydrogen-bond donors (Lipinski definition) is 1. The summed E-state index contributed by atoms with van der Waals surface area (Å²) in [7, 11) is 0. The molecule has 1 N–H and O–H groups in total. The molecule has 1 amide bonds. The fraction of sp³-hybridized carbons (Fsp3) is 0.500. The van der Waals surface area contributed by atoms with Gasteiger partial charge in [-0.3, -0.25) is 9.69 Å². The van der Waals surface area contributed by atoms with Gasteiger partial charge in [-0.1, -0.05) is 42.7 Å². The molecule has 2 aliphatic heterocycles. The van der Waals surface area contributed by atoms with Gasteiger partial charge < -0.3 is 14.6 Å². The van der Waals surface area contributed by atoms with Crippen molar-refractivity contribution >= 4 is 17.5 Å². The number of fused-ring (bicyclic) bond motifs is 1. The van der Waals surface area contributed by atoms with Crippen LogP contribution in [0.3, 0.4) is 0 Å². The third-order valence-corrected chi connectivity index (χ3v) is 5.59. The van der Waals surface area contributed by atoms with Crippen molar-refractivity contribution < 1.29 is 14.1 Å². The van der Waals surface area contributed by atoms with Gasteiger partial charge in [0.05, 0.1) is 18.4 Å². The van der Waals surface area contributed by atoms with E-state index in [1.807, 2.05) is 38.1 Å². The zero-order valence-corrected chi connectivity index (χ0v) is 16.3. The van der Waals surface area contributed by atoms with Gasteiger partial charge in [-0.25, -0.2) is 0 Å². The maximum absolute atomic E-state index is 12.5. The maximum Gasteiger partial charge on any atom is 0.290 e. The molecule has 0 saturated carbocycles. The molecule has 144 valence electrons. The fourth-order valence-electron chi connectivity index (χ4n) is 3.78. The van der Waals surface area contributed by atoms with E-state index in [2.05, 4.69) is 15.4 Å². The highest BCUT2D eigenvalue weighted by molar-refractivity contribution is 6.30. The normalized spacial score (nSPS) is 25.6. The van der Waals surface area contributed by atoms with Crippen molar-refractivity contribution in [2.45, 2.75) is 44.4 Å². The second-order valence-corrected chi connectivity index (χ2v) is 8.09. The summed E-state index contributed by atoms with van der Waals surface area (Å²) in [5, 5.41) is 7.76. The molecule has 0 radical (unpaired) electrons. The number of carbonyl (C=O) groups is 1. The zero-order chi connectivity index (χ0) is 19.0. The molecular formula is C20H24ClN3O3. The van der Waals surface area contributed by atoms with E-state index in [0.29, 0.717) is 12.6 Å². The van der Waals surface area contributed by atoms with Crippen molar-refractivity contribution in [2.75, 3.05) is 19.7 Å². The molecule has 7 heteroatoms. The van der Waals surface area contributed by atoms with Crippen LogP contribution in [0.15, 0.2) is 34.9 Å². The largest absolute Gasteiger partial charge is 0.371 e. The van der Waals surface area contributed by atoms with Gasteiger partial charge in [0.2, 0.25) is 5.76 Å². The van der Waals surface area contributed by atoms with E-state index in [9.17, 15) is 4.79 Å². The van der Waals surface area contributed by atoms with Crippen LogP contribution in [0.5, 0.6) is 0 Å². The van der Waals surface area contributed by atoms with Gasteiger partial charge in [0, 0.05) is 36.3 Å². The number of aromatic nitrogens is 1. The Morgan fingerprint density at radius 3 is 2.78 bits per heavy atom. The maximum atomic E-state index is 12.5. The average Bonchev–Trinajstić information content (AvgIpc) is 3.28. The van der Waals surface area contributed by atoms with Gasteiger partial charge in [0.15, 0.2) is 0 Å². The van der Waals surface area contributed by atoms with Crippen LogP contribution in [-0.2, 0) is 4.74 Å². The van der Waals surface area contributed by atoms with Crippen molar-refractivity contribution in [1.82, 2.24) is 15.4 Å². The van der Waals surface area contributed by atoms with Crippen LogP contribution in [0.2, 0.25) is 5.02 Å². The molecule has 1 aromatic carbocycles. The number of ether oxygens (including phenoxy) is 1. The number of carbonyl (C=O) groups excluding carboxylic acids is 1. The van der Waals surface area contributed by atoms with Crippen LogP contribution in [0.1, 0.15) is 54.1 Å². The summed E-state index contributed by atoms with van der Waals surface area (Å²) in [5.41, 5.74) is 1.93. The number of hydrogen-bond acceptors (Lipinski definition) is 5. The standard InChI is InChI=1S/C20H24ClN3O3/c1-12(2)17-8-18(27-23-17)20(25)22-15-7-16-11-26-19(10-24(16)9-15)13-3-5-14(21)6-4-13/h3-6,8,12,15-16,19H,7,9-11H2,1-2H3,(H,22,25)/t15-,16+,19-/m1/s1. The van der Waals surface area contributed by atoms with Crippen LogP contribution in [0, 0.1) is 0 Å². The monoisotopic (exact) mass is 389 g/mol. The van der Waals surface area contributed by atoms with Gasteiger partial charge in [0.25, 0.3) is 5.91 Å². The molecule has 2 aliphatic rings. The summed E-state index contributed by atoms with van der Waals surface area (Å²) in [6, 6.07) is 9.95. The summed E-state index contributed by atoms with van der Waals surface area (Å²) in [6.45, 7) is 6.34. The van der Waals surface area contributed by atoms with Gasteiger partial charge in [-0.2, -0.15) is 0 Å². The lowest BCUT2D eigenvalue weighted by Gasteiger charge is -2.35. The summed E-state index contributed by atoms with van der Waals surface area (Å²) in [4.78, 5) is 14.8. The minimum absolute atomic E-state index is 0.0378. The van der Waals surface area contributed by atoms with Gasteiger partial charge in [-0.15, -0.1) is 0 Å². The van der Waals surface area contributed by atoms with Crippen molar-refractivity contribution in [3.63, 3.8) is 0 Å². The predicted octanol–water partition coefficient (Wildman–Crippen LogP) is 3.40. The molecule has 3 heterocycles. The Morgan fingerprint density at radius 1 is 1.30 bits per heavy atom. The van der Waals surface area contributed by atoms with E-state index < -0.39 is 0 Å². The molecule has 27 heavy (non-hydrogen) atoms. The first-order chi connectivity index (χ1) is 13.0. The first-order valence-electron chi connectivity index (χ1n) is 9.38. The van der Waals surface area contributed by atoms with Crippen LogP contribution in [0.4, 0.5) is 0 Å². The number of nitrogens with zero attached hydrogens (tertiary/aromatic N) is 2. The van der Waals surface area contributed by atoms with Crippen molar-refractivity contribution in [1.29, 1.82) is 0 Å². The SMILES string of the molecule is CC(C)c1cc(C(=O)N[C@@H]2C[C@H]3CO[C@@H](c4ccc(Cl)cc4)CN3C2)on1. The van der Waals surface area contributed by atoms with E-state index >= 15 is 0 Å². The van der Waals surface area contributed by atoms with E-state index in [1.165, 1.54) is 0 Å². The first-order valence-corrected chi connectivity index (χ1v) is 9.76. The van der Waals surface area contributed by atoms with Crippen LogP contribution >= 0.6 is 11.6 Å². The Morgan fingerprint density at radius 2 is 2.07 bits per heavy atom. The molecule has 2 fully saturated rings. The average molecular weight is 390 g/mol. The summed E-state index contributed by atoms with van der Waals surface area (Å²) >= 11 is 5.97. The second kappa shape index (κ2) is 7.62. The Balaban J connectivity index is 1.35. The molecule has 2 aromatic rings. The third-order valence-electron chi connectivity index (χ3n) is 5.34. The van der Waals surface area contributed by atoms with E-state index in [-0.39, 0.29) is 29.7 Å². The van der Waals surface area contributed by atoms with Gasteiger partial charge in [0.1, 0.15) is 0 Å². The lowest BCUT2D eigenvalue weighted by atomic mass is 10.1. The highest BCUT2D eigenvalue weighted by Gasteiger charge is 2.38. The van der Waals surface area contributed by atoms with Crippen molar-refractivity contribution in [2.24, 2.45) is 0 Å². The first kappa shape index (κ1) is 18.5. The smallest absolute Gasteiger partial charge is 0.290 e. The Hall–Kier alpha value is -1.89. The summed E-state index contributed by atoms with van der Waals surface area (Å²) < 4.78 is 11.2. The molecule has 1 aromatic heterocycles. The number of amides is 1. The van der Waals surface area contributed by atoms with Crippen LogP contribution in [-0.4, -0.2) is 47.7 Å². The summed E-state index contributed by atoms with van der Waals surface area (Å²) in [5.74, 6) is 0.311. The number of benzene rings is 1. The highest BCUT2D eigenvalue weighted by atomic mass is 35.5. The Kier molecular flexibility index (Phi) is 5.21. The van der Waals surface area contributed by atoms with Crippen LogP contribution < -0.4 is 5.32 Å². The van der Waals surface area contributed by atoms with Gasteiger partial charge in [-0.05, 0) is 30.0 Å². The molecule has 6 nitrogen and oxygen atoms in total.